The van der Waals surface area contributed by atoms with Crippen molar-refractivity contribution in [3.8, 4) is 0 Å². The molecule has 430 valence electrons. The molecule has 2 bridgehead atoms. The summed E-state index contributed by atoms with van der Waals surface area (Å²) in [6, 6.07) is -1.06. The van der Waals surface area contributed by atoms with E-state index in [2.05, 4.69) is 34.6 Å². The summed E-state index contributed by atoms with van der Waals surface area (Å²) in [7, 11) is 0. The fourth-order valence-electron chi connectivity index (χ4n) is 12.5. The van der Waals surface area contributed by atoms with Crippen LogP contribution in [-0.2, 0) is 23.8 Å². The number of carboxylic acid groups (broad SMARTS) is 2. The van der Waals surface area contributed by atoms with Crippen molar-refractivity contribution in [3.05, 3.63) is 0 Å². The van der Waals surface area contributed by atoms with Gasteiger partial charge in [0.1, 0.15) is 6.10 Å². The van der Waals surface area contributed by atoms with Crippen LogP contribution < -0.4 is 5.73 Å². The van der Waals surface area contributed by atoms with Crippen LogP contribution in [-0.4, -0.2) is 171 Å². The number of carboxylic acids is 2. The molecule has 25 atom stereocenters. The van der Waals surface area contributed by atoms with Crippen molar-refractivity contribution < 1.29 is 85.1 Å². The van der Waals surface area contributed by atoms with E-state index in [4.69, 9.17) is 25.1 Å². The van der Waals surface area contributed by atoms with Crippen molar-refractivity contribution in [2.24, 2.45) is 59.0 Å². The average molecular weight is 1050 g/mol. The van der Waals surface area contributed by atoms with Gasteiger partial charge in [-0.15, -0.1) is 0 Å². The first-order valence-electron chi connectivity index (χ1n) is 28.0. The lowest BCUT2D eigenvalue weighted by Crippen LogP contribution is -2.61. The number of carbonyl (C=O) groups is 2. The van der Waals surface area contributed by atoms with E-state index in [0.29, 0.717) is 30.6 Å². The van der Waals surface area contributed by atoms with Gasteiger partial charge in [-0.3, -0.25) is 9.59 Å². The molecular formula is C55H103NO17. The van der Waals surface area contributed by atoms with Crippen LogP contribution in [0.15, 0.2) is 0 Å². The molecule has 73 heavy (non-hydrogen) atoms. The molecule has 3 heterocycles. The van der Waals surface area contributed by atoms with Gasteiger partial charge in [-0.1, -0.05) is 87.0 Å². The van der Waals surface area contributed by atoms with Crippen molar-refractivity contribution in [3.63, 3.8) is 0 Å². The van der Waals surface area contributed by atoms with E-state index in [1.807, 2.05) is 13.8 Å². The number of aliphatic hydroxyl groups excluding tert-OH is 10. The Morgan fingerprint density at radius 1 is 0.685 bits per heavy atom. The van der Waals surface area contributed by atoms with Gasteiger partial charge in [-0.25, -0.2) is 0 Å². The van der Waals surface area contributed by atoms with Crippen LogP contribution in [0.1, 0.15) is 184 Å². The molecule has 14 N–H and O–H groups in total. The largest absolute Gasteiger partial charge is 0.481 e. The summed E-state index contributed by atoms with van der Waals surface area (Å²) >= 11 is 0. The number of ether oxygens (including phenoxy) is 3. The first-order chi connectivity index (χ1) is 34.0. The number of rotatable bonds is 35. The molecule has 0 spiro atoms. The Kier molecular flexibility index (Phi) is 28.0. The summed E-state index contributed by atoms with van der Waals surface area (Å²) in [6.07, 6.45) is -6.11. The van der Waals surface area contributed by atoms with Crippen LogP contribution in [0.4, 0.5) is 0 Å². The summed E-state index contributed by atoms with van der Waals surface area (Å²) in [4.78, 5) is 24.1. The zero-order valence-corrected chi connectivity index (χ0v) is 45.8. The quantitative estimate of drug-likeness (QED) is 0.0416. The first kappa shape index (κ1) is 65.7. The molecule has 1 saturated carbocycles. The highest BCUT2D eigenvalue weighted by Gasteiger charge is 2.58. The molecular weight excluding hydrogens is 947 g/mol. The lowest BCUT2D eigenvalue weighted by Gasteiger charge is -2.46. The Morgan fingerprint density at radius 2 is 1.27 bits per heavy atom. The van der Waals surface area contributed by atoms with Gasteiger partial charge in [0.15, 0.2) is 6.29 Å². The number of fused-ring (bicyclic) bond motifs is 4. The SMILES string of the molecule is CC(CCCC(C)CC(C)CCC(CC1OC2(CC(O)CC(O)C(O)CCC(O)CC(O)CC(=O)O)CC(O)C(CC2C)C1C(=O)O)OC1OC(C)C(O)C(N)C1O)CCCC(C)CC(C)C(O)C(C)C(C)O. The highest BCUT2D eigenvalue weighted by atomic mass is 16.7. The number of nitrogens with two attached hydrogens (primary N) is 1. The van der Waals surface area contributed by atoms with E-state index >= 15 is 0 Å². The van der Waals surface area contributed by atoms with Crippen LogP contribution in [0.2, 0.25) is 0 Å². The zero-order valence-electron chi connectivity index (χ0n) is 45.8. The van der Waals surface area contributed by atoms with Gasteiger partial charge >= 0.3 is 11.9 Å². The second-order valence-corrected chi connectivity index (χ2v) is 24.3. The second-order valence-electron chi connectivity index (χ2n) is 24.3. The minimum absolute atomic E-state index is 0.0175. The minimum atomic E-state index is -1.44. The van der Waals surface area contributed by atoms with Gasteiger partial charge in [0.2, 0.25) is 0 Å². The maximum Gasteiger partial charge on any atom is 0.309 e. The number of aliphatic carboxylic acids is 2. The van der Waals surface area contributed by atoms with E-state index in [1.54, 1.807) is 13.8 Å². The van der Waals surface area contributed by atoms with Crippen molar-refractivity contribution in [2.45, 2.75) is 282 Å². The monoisotopic (exact) mass is 1050 g/mol. The van der Waals surface area contributed by atoms with Gasteiger partial charge < -0.3 is 81.2 Å². The van der Waals surface area contributed by atoms with E-state index < -0.39 is 127 Å². The van der Waals surface area contributed by atoms with E-state index in [-0.39, 0.29) is 75.0 Å². The average Bonchev–Trinajstić information content (AvgIpc) is 3.47. The van der Waals surface area contributed by atoms with Crippen LogP contribution >= 0.6 is 0 Å². The number of aliphatic hydroxyl groups is 10. The number of hydrogen-bond donors (Lipinski definition) is 13. The van der Waals surface area contributed by atoms with Crippen LogP contribution in [0.5, 0.6) is 0 Å². The summed E-state index contributed by atoms with van der Waals surface area (Å²) in [6.45, 7) is 18.2. The summed E-state index contributed by atoms with van der Waals surface area (Å²) < 4.78 is 19.4. The third kappa shape index (κ3) is 20.9. The van der Waals surface area contributed by atoms with E-state index in [1.165, 1.54) is 0 Å². The molecule has 3 saturated heterocycles. The molecule has 1 aliphatic carbocycles. The highest BCUT2D eigenvalue weighted by molar-refractivity contribution is 5.71. The summed E-state index contributed by atoms with van der Waals surface area (Å²) in [5, 5.41) is 127. The molecule has 4 fully saturated rings. The third-order valence-corrected chi connectivity index (χ3v) is 17.3. The van der Waals surface area contributed by atoms with Gasteiger partial charge in [0.05, 0.1) is 97.2 Å². The van der Waals surface area contributed by atoms with Crippen LogP contribution in [0.3, 0.4) is 0 Å². The molecule has 3 aliphatic heterocycles. The van der Waals surface area contributed by atoms with E-state index in [0.717, 1.165) is 51.4 Å². The van der Waals surface area contributed by atoms with Crippen molar-refractivity contribution in [1.29, 1.82) is 0 Å². The summed E-state index contributed by atoms with van der Waals surface area (Å²) in [5.41, 5.74) is 4.97. The standard InChI is InChI=1S/C55H103NO17/c1-29(13-11-15-31(3)21-33(5)50(66)35(7)36(8)57)12-10-14-30(2)20-32(4)16-18-41(72-54-52(68)49(56)51(67)37(9)71-54)26-46-48(53(69)70)42-22-34(6)55(73-46,28-45(42)63)27-40(60)24-44(62)43(61)19-17-38(58)23-39(59)25-47(64)65/h29-46,48-52,54,57-63,66-68H,10-28,56H2,1-9H3,(H,64,65)(H,69,70). The Hall–Kier alpha value is -1.62. The smallest absolute Gasteiger partial charge is 0.309 e. The lowest BCUT2D eigenvalue weighted by atomic mass is 9.65. The lowest BCUT2D eigenvalue weighted by molar-refractivity contribution is -0.285. The third-order valence-electron chi connectivity index (χ3n) is 17.3. The Balaban J connectivity index is 1.67. The predicted octanol–water partition coefficient (Wildman–Crippen LogP) is 4.49. The Labute approximate surface area is 436 Å². The van der Waals surface area contributed by atoms with E-state index in [9.17, 15) is 65.8 Å². The first-order valence-corrected chi connectivity index (χ1v) is 28.0. The normalized spacial score (nSPS) is 33.5. The molecule has 0 aromatic carbocycles. The van der Waals surface area contributed by atoms with Crippen LogP contribution in [0.25, 0.3) is 0 Å². The summed E-state index contributed by atoms with van der Waals surface area (Å²) in [5.74, 6) is -2.78. The maximum absolute atomic E-state index is 13.2. The predicted molar refractivity (Wildman–Crippen MR) is 275 cm³/mol. The fraction of sp³-hybridized carbons (Fsp3) is 0.964. The highest BCUT2D eigenvalue weighted by Crippen LogP contribution is 2.52. The van der Waals surface area contributed by atoms with Crippen LogP contribution in [0, 0.1) is 53.3 Å². The molecule has 18 heteroatoms. The minimum Gasteiger partial charge on any atom is -0.481 e. The van der Waals surface area contributed by atoms with Crippen molar-refractivity contribution in [1.82, 2.24) is 0 Å². The van der Waals surface area contributed by atoms with Crippen molar-refractivity contribution >= 4 is 11.9 Å². The van der Waals surface area contributed by atoms with Gasteiger partial charge in [-0.05, 0) is 101 Å². The van der Waals surface area contributed by atoms with Crippen molar-refractivity contribution in [2.75, 3.05) is 0 Å². The molecule has 25 unspecified atom stereocenters. The van der Waals surface area contributed by atoms with Gasteiger partial charge in [0, 0.05) is 37.5 Å². The Bertz CT molecular complexity index is 1580. The number of hydrogen-bond acceptors (Lipinski definition) is 16. The maximum atomic E-state index is 13.2. The topological polar surface area (TPSA) is 331 Å². The molecule has 0 aromatic rings. The second kappa shape index (κ2) is 31.1. The molecule has 0 radical (unpaired) electrons. The molecule has 0 amide bonds. The molecule has 18 nitrogen and oxygen atoms in total. The van der Waals surface area contributed by atoms with Gasteiger partial charge in [0.25, 0.3) is 0 Å². The molecule has 0 aromatic heterocycles. The zero-order chi connectivity index (χ0) is 55.1. The molecule has 4 aliphatic rings. The van der Waals surface area contributed by atoms with Gasteiger partial charge in [-0.2, -0.15) is 0 Å². The Morgan fingerprint density at radius 3 is 1.86 bits per heavy atom. The fourth-order valence-corrected chi connectivity index (χ4v) is 12.5. The molecule has 4 rings (SSSR count).